The van der Waals surface area contributed by atoms with E-state index in [0.717, 1.165) is 18.5 Å². The molecule has 0 saturated carbocycles. The number of benzene rings is 1. The van der Waals surface area contributed by atoms with E-state index in [1.165, 1.54) is 0 Å². The van der Waals surface area contributed by atoms with E-state index in [-0.39, 0.29) is 11.3 Å². The van der Waals surface area contributed by atoms with Crippen molar-refractivity contribution in [3.8, 4) is 5.75 Å². The van der Waals surface area contributed by atoms with Gasteiger partial charge < -0.3 is 10.1 Å². The molecule has 0 saturated heterocycles. The van der Waals surface area contributed by atoms with E-state index < -0.39 is 6.61 Å². The minimum Gasteiger partial charge on any atom is -0.434 e. The normalized spacial score (nSPS) is 12.8. The van der Waals surface area contributed by atoms with E-state index in [1.54, 1.807) is 18.2 Å². The number of nitrogens with one attached hydrogen (secondary N) is 1. The highest BCUT2D eigenvalue weighted by molar-refractivity contribution is 5.60. The van der Waals surface area contributed by atoms with Crippen LogP contribution in [0.5, 0.6) is 5.75 Å². The van der Waals surface area contributed by atoms with Gasteiger partial charge in [0, 0.05) is 17.6 Å². The molecule has 20 heavy (non-hydrogen) atoms. The largest absolute Gasteiger partial charge is 0.434 e. The second-order valence-electron chi connectivity index (χ2n) is 5.68. The average Bonchev–Trinajstić information content (AvgIpc) is 2.34. The molecule has 1 N–H and O–H groups in total. The third kappa shape index (κ3) is 6.15. The summed E-state index contributed by atoms with van der Waals surface area (Å²) in [6.45, 7) is 6.24. The van der Waals surface area contributed by atoms with E-state index in [9.17, 15) is 8.78 Å². The summed E-state index contributed by atoms with van der Waals surface area (Å²) in [5, 5.41) is 3.40. The molecule has 0 atom stereocenters. The first-order valence-corrected chi connectivity index (χ1v) is 6.80. The number of para-hydroxylation sites is 1. The Morgan fingerprint density at radius 3 is 2.50 bits per heavy atom. The smallest absolute Gasteiger partial charge is 0.387 e. The quantitative estimate of drug-likeness (QED) is 0.831. The Bertz CT molecular complexity index is 450. The molecular weight excluding hydrogens is 260 g/mol. The van der Waals surface area contributed by atoms with Gasteiger partial charge in [0.2, 0.25) is 0 Å². The number of ether oxygens (including phenoxy) is 1. The second-order valence-corrected chi connectivity index (χ2v) is 5.68. The summed E-state index contributed by atoms with van der Waals surface area (Å²) in [4.78, 5) is 0. The maximum absolute atomic E-state index is 12.4. The molecule has 0 heterocycles. The van der Waals surface area contributed by atoms with E-state index in [1.807, 2.05) is 19.1 Å². The lowest BCUT2D eigenvalue weighted by Gasteiger charge is -2.21. The van der Waals surface area contributed by atoms with E-state index in [2.05, 4.69) is 30.8 Å². The van der Waals surface area contributed by atoms with Crippen LogP contribution < -0.4 is 10.1 Å². The lowest BCUT2D eigenvalue weighted by atomic mass is 10.0. The highest BCUT2D eigenvalue weighted by Gasteiger charge is 2.11. The topological polar surface area (TPSA) is 21.3 Å². The highest BCUT2D eigenvalue weighted by Crippen LogP contribution is 2.23. The van der Waals surface area contributed by atoms with Gasteiger partial charge in [-0.25, -0.2) is 0 Å². The first kappa shape index (κ1) is 16.6. The van der Waals surface area contributed by atoms with Crippen molar-refractivity contribution in [2.75, 3.05) is 6.54 Å². The van der Waals surface area contributed by atoms with Crippen LogP contribution in [0.25, 0.3) is 6.08 Å². The zero-order valence-corrected chi connectivity index (χ0v) is 12.5. The van der Waals surface area contributed by atoms with Gasteiger partial charge in [-0.2, -0.15) is 8.78 Å². The summed E-state index contributed by atoms with van der Waals surface area (Å²) in [6, 6.07) is 6.84. The van der Waals surface area contributed by atoms with Crippen LogP contribution >= 0.6 is 0 Å². The Labute approximate surface area is 119 Å². The average molecular weight is 283 g/mol. The molecule has 0 aromatic heterocycles. The van der Waals surface area contributed by atoms with Crippen molar-refractivity contribution in [1.82, 2.24) is 5.32 Å². The summed E-state index contributed by atoms with van der Waals surface area (Å²) in [6.07, 6.45) is 2.77. The summed E-state index contributed by atoms with van der Waals surface area (Å²) in [5.41, 5.74) is 1.85. The molecule has 0 fully saturated rings. The monoisotopic (exact) mass is 283 g/mol. The van der Waals surface area contributed by atoms with Crippen molar-refractivity contribution in [3.63, 3.8) is 0 Å². The number of rotatable bonds is 6. The van der Waals surface area contributed by atoms with Crippen LogP contribution in [0.3, 0.4) is 0 Å². The van der Waals surface area contributed by atoms with Crippen molar-refractivity contribution in [2.45, 2.75) is 46.3 Å². The Morgan fingerprint density at radius 2 is 1.95 bits per heavy atom. The molecule has 4 heteroatoms. The highest BCUT2D eigenvalue weighted by atomic mass is 19.3. The fourth-order valence-electron chi connectivity index (χ4n) is 1.68. The van der Waals surface area contributed by atoms with Crippen molar-refractivity contribution in [3.05, 3.63) is 35.4 Å². The Kier molecular flexibility index (Phi) is 6.14. The third-order valence-electron chi connectivity index (χ3n) is 2.79. The molecule has 0 unspecified atom stereocenters. The van der Waals surface area contributed by atoms with Crippen molar-refractivity contribution < 1.29 is 13.5 Å². The molecule has 0 bridgehead atoms. The van der Waals surface area contributed by atoms with Crippen molar-refractivity contribution >= 4 is 6.08 Å². The van der Waals surface area contributed by atoms with E-state index in [0.29, 0.717) is 5.56 Å². The molecule has 0 amide bonds. The minimum absolute atomic E-state index is 0.0211. The van der Waals surface area contributed by atoms with Gasteiger partial charge in [-0.3, -0.25) is 0 Å². The van der Waals surface area contributed by atoms with E-state index >= 15 is 0 Å². The minimum atomic E-state index is -2.80. The number of hydrogen-bond acceptors (Lipinski definition) is 2. The predicted octanol–water partition coefficient (Wildman–Crippen LogP) is 4.47. The molecule has 0 spiro atoms. The molecule has 1 aromatic rings. The van der Waals surface area contributed by atoms with Crippen LogP contribution in [-0.2, 0) is 0 Å². The summed E-state index contributed by atoms with van der Waals surface area (Å²) in [5.74, 6) is 0.212. The standard InChI is InChI=1S/C16H23F2NO/c1-5-12(11-19-16(2,3)4)10-13-8-6-7-9-14(13)20-15(17)18/h6-10,15,19H,5,11H2,1-4H3. The van der Waals surface area contributed by atoms with Gasteiger partial charge in [0.1, 0.15) is 5.75 Å². The second kappa shape index (κ2) is 7.39. The fourth-order valence-corrected chi connectivity index (χ4v) is 1.68. The number of alkyl halides is 2. The fraction of sp³-hybridized carbons (Fsp3) is 0.500. The molecule has 0 aliphatic carbocycles. The van der Waals surface area contributed by atoms with Crippen LogP contribution in [-0.4, -0.2) is 18.7 Å². The Hall–Kier alpha value is -1.42. The predicted molar refractivity (Wildman–Crippen MR) is 79.1 cm³/mol. The van der Waals surface area contributed by atoms with Gasteiger partial charge in [0.15, 0.2) is 0 Å². The number of hydrogen-bond donors (Lipinski definition) is 1. The Balaban J connectivity index is 2.89. The SMILES string of the molecule is CCC(=Cc1ccccc1OC(F)F)CNC(C)(C)C. The summed E-state index contributed by atoms with van der Waals surface area (Å²) >= 11 is 0. The molecule has 112 valence electrons. The number of halogens is 2. The first-order valence-electron chi connectivity index (χ1n) is 6.80. The lowest BCUT2D eigenvalue weighted by Crippen LogP contribution is -2.36. The molecule has 2 nitrogen and oxygen atoms in total. The molecular formula is C16H23F2NO. The van der Waals surface area contributed by atoms with Crippen molar-refractivity contribution in [2.24, 2.45) is 0 Å². The summed E-state index contributed by atoms with van der Waals surface area (Å²) in [7, 11) is 0. The molecule has 1 aromatic carbocycles. The summed E-state index contributed by atoms with van der Waals surface area (Å²) < 4.78 is 29.3. The van der Waals surface area contributed by atoms with Crippen LogP contribution in [0.4, 0.5) is 8.78 Å². The maximum atomic E-state index is 12.4. The first-order chi connectivity index (χ1) is 9.31. The van der Waals surface area contributed by atoms with E-state index in [4.69, 9.17) is 0 Å². The van der Waals surface area contributed by atoms with Gasteiger partial charge in [0.25, 0.3) is 0 Å². The van der Waals surface area contributed by atoms with Crippen LogP contribution in [0.2, 0.25) is 0 Å². The molecule has 0 radical (unpaired) electrons. The zero-order chi connectivity index (χ0) is 15.2. The molecule has 0 aliphatic heterocycles. The van der Waals surface area contributed by atoms with Crippen LogP contribution in [0, 0.1) is 0 Å². The third-order valence-corrected chi connectivity index (χ3v) is 2.79. The van der Waals surface area contributed by atoms with Gasteiger partial charge in [-0.15, -0.1) is 0 Å². The maximum Gasteiger partial charge on any atom is 0.387 e. The van der Waals surface area contributed by atoms with Crippen LogP contribution in [0.15, 0.2) is 29.8 Å². The van der Waals surface area contributed by atoms with Gasteiger partial charge >= 0.3 is 6.61 Å². The molecule has 0 aliphatic rings. The van der Waals surface area contributed by atoms with Gasteiger partial charge in [0.05, 0.1) is 0 Å². The van der Waals surface area contributed by atoms with Gasteiger partial charge in [-0.1, -0.05) is 36.8 Å². The lowest BCUT2D eigenvalue weighted by molar-refractivity contribution is -0.0499. The molecule has 1 rings (SSSR count). The van der Waals surface area contributed by atoms with Gasteiger partial charge in [-0.05, 0) is 33.3 Å². The Morgan fingerprint density at radius 1 is 1.30 bits per heavy atom. The zero-order valence-electron chi connectivity index (χ0n) is 12.5. The van der Waals surface area contributed by atoms with Crippen molar-refractivity contribution in [1.29, 1.82) is 0 Å². The van der Waals surface area contributed by atoms with Crippen LogP contribution in [0.1, 0.15) is 39.7 Å².